The molecule has 0 aromatic heterocycles. The maximum absolute atomic E-state index is 9.75. The van der Waals surface area contributed by atoms with Crippen molar-refractivity contribution in [1.82, 2.24) is 4.90 Å². The van der Waals surface area contributed by atoms with E-state index in [1.54, 1.807) is 0 Å². The van der Waals surface area contributed by atoms with Crippen LogP contribution in [0.1, 0.15) is 51.0 Å². The van der Waals surface area contributed by atoms with Crippen LogP contribution in [0.15, 0.2) is 24.3 Å². The van der Waals surface area contributed by atoms with Crippen molar-refractivity contribution in [2.75, 3.05) is 19.7 Å². The van der Waals surface area contributed by atoms with E-state index in [9.17, 15) is 5.11 Å². The summed E-state index contributed by atoms with van der Waals surface area (Å²) in [5, 5.41) is 9.75. The zero-order valence-electron chi connectivity index (χ0n) is 14.1. The highest BCUT2D eigenvalue weighted by molar-refractivity contribution is 5.31. The first-order valence-electron chi connectivity index (χ1n) is 8.77. The van der Waals surface area contributed by atoms with Crippen molar-refractivity contribution >= 4 is 0 Å². The fourth-order valence-corrected chi connectivity index (χ4v) is 3.38. The van der Waals surface area contributed by atoms with Gasteiger partial charge in [-0.1, -0.05) is 37.5 Å². The second-order valence-electron chi connectivity index (χ2n) is 6.60. The first kappa shape index (κ1) is 17.3. The smallest absolute Gasteiger partial charge is 0.122 e. The van der Waals surface area contributed by atoms with Crippen molar-refractivity contribution < 1.29 is 9.84 Å². The van der Waals surface area contributed by atoms with E-state index in [0.29, 0.717) is 6.04 Å². The lowest BCUT2D eigenvalue weighted by Gasteiger charge is -2.35. The molecule has 0 bridgehead atoms. The predicted molar refractivity (Wildman–Crippen MR) is 91.4 cm³/mol. The Morgan fingerprint density at radius 2 is 1.95 bits per heavy atom. The molecule has 1 aromatic rings. The van der Waals surface area contributed by atoms with Gasteiger partial charge in [-0.2, -0.15) is 0 Å². The molecule has 0 aliphatic heterocycles. The molecule has 1 aliphatic carbocycles. The van der Waals surface area contributed by atoms with Crippen molar-refractivity contribution in [1.29, 1.82) is 0 Å². The second kappa shape index (κ2) is 9.16. The lowest BCUT2D eigenvalue weighted by molar-refractivity contribution is 0.0780. The lowest BCUT2D eigenvalue weighted by Crippen LogP contribution is -2.41. The maximum atomic E-state index is 9.75. The van der Waals surface area contributed by atoms with Gasteiger partial charge in [0.25, 0.3) is 0 Å². The molecule has 2 rings (SSSR count). The van der Waals surface area contributed by atoms with Crippen molar-refractivity contribution in [2.24, 2.45) is 0 Å². The molecule has 1 atom stereocenters. The molecule has 1 aliphatic rings. The van der Waals surface area contributed by atoms with Gasteiger partial charge < -0.3 is 9.84 Å². The van der Waals surface area contributed by atoms with Crippen LogP contribution in [-0.2, 0) is 0 Å². The average Bonchev–Trinajstić information content (AvgIpc) is 2.52. The molecule has 0 saturated heterocycles. The van der Waals surface area contributed by atoms with E-state index in [2.05, 4.69) is 17.9 Å². The summed E-state index contributed by atoms with van der Waals surface area (Å²) in [7, 11) is 0. The summed E-state index contributed by atoms with van der Waals surface area (Å²) in [6, 6.07) is 8.82. The fourth-order valence-electron chi connectivity index (χ4n) is 3.38. The topological polar surface area (TPSA) is 32.7 Å². The molecule has 0 radical (unpaired) electrons. The van der Waals surface area contributed by atoms with Crippen LogP contribution in [-0.4, -0.2) is 41.8 Å². The van der Waals surface area contributed by atoms with Crippen LogP contribution in [0.3, 0.4) is 0 Å². The van der Waals surface area contributed by atoms with Crippen molar-refractivity contribution in [3.63, 3.8) is 0 Å². The van der Waals surface area contributed by atoms with Gasteiger partial charge in [-0.25, -0.2) is 0 Å². The van der Waals surface area contributed by atoms with E-state index < -0.39 is 0 Å². The SMILES string of the molecule is Cc1ccccc1OCCCN(CC(C)O)C1CCCCC1. The van der Waals surface area contributed by atoms with Crippen LogP contribution in [0, 0.1) is 6.92 Å². The molecule has 1 saturated carbocycles. The quantitative estimate of drug-likeness (QED) is 0.742. The first-order valence-corrected chi connectivity index (χ1v) is 8.77. The van der Waals surface area contributed by atoms with Gasteiger partial charge >= 0.3 is 0 Å². The number of benzene rings is 1. The summed E-state index contributed by atoms with van der Waals surface area (Å²) in [6.45, 7) is 6.52. The minimum atomic E-state index is -0.251. The number of hydrogen-bond donors (Lipinski definition) is 1. The summed E-state index contributed by atoms with van der Waals surface area (Å²) in [6.07, 6.45) is 7.37. The van der Waals surface area contributed by atoms with E-state index >= 15 is 0 Å². The van der Waals surface area contributed by atoms with Crippen molar-refractivity contribution in [3.8, 4) is 5.75 Å². The Labute approximate surface area is 135 Å². The van der Waals surface area contributed by atoms with Crippen LogP contribution in [0.4, 0.5) is 0 Å². The Hall–Kier alpha value is -1.06. The molecule has 1 N–H and O–H groups in total. The van der Waals surface area contributed by atoms with E-state index in [4.69, 9.17) is 4.74 Å². The Morgan fingerprint density at radius 1 is 1.23 bits per heavy atom. The van der Waals surface area contributed by atoms with E-state index in [1.165, 1.54) is 37.7 Å². The van der Waals surface area contributed by atoms with Crippen LogP contribution >= 0.6 is 0 Å². The number of rotatable bonds is 8. The molecule has 0 heterocycles. The van der Waals surface area contributed by atoms with Gasteiger partial charge in [0.2, 0.25) is 0 Å². The minimum absolute atomic E-state index is 0.251. The highest BCUT2D eigenvalue weighted by Crippen LogP contribution is 2.23. The maximum Gasteiger partial charge on any atom is 0.122 e. The zero-order chi connectivity index (χ0) is 15.8. The Bertz CT molecular complexity index is 427. The highest BCUT2D eigenvalue weighted by atomic mass is 16.5. The molecular weight excluding hydrogens is 274 g/mol. The molecule has 0 spiro atoms. The van der Waals surface area contributed by atoms with Crippen LogP contribution in [0.2, 0.25) is 0 Å². The number of hydrogen-bond acceptors (Lipinski definition) is 3. The van der Waals surface area contributed by atoms with Gasteiger partial charge in [0.15, 0.2) is 0 Å². The molecule has 3 nitrogen and oxygen atoms in total. The lowest BCUT2D eigenvalue weighted by atomic mass is 9.94. The van der Waals surface area contributed by atoms with E-state index in [-0.39, 0.29) is 6.10 Å². The average molecular weight is 305 g/mol. The molecule has 1 unspecified atom stereocenters. The molecule has 0 amide bonds. The Morgan fingerprint density at radius 3 is 2.64 bits per heavy atom. The number of nitrogens with zero attached hydrogens (tertiary/aromatic N) is 1. The van der Waals surface area contributed by atoms with Crippen LogP contribution < -0.4 is 4.74 Å². The first-order chi connectivity index (χ1) is 10.7. The number of aryl methyl sites for hydroxylation is 1. The summed E-state index contributed by atoms with van der Waals surface area (Å²) >= 11 is 0. The van der Waals surface area contributed by atoms with Gasteiger partial charge in [0, 0.05) is 19.1 Å². The number of para-hydroxylation sites is 1. The summed E-state index contributed by atoms with van der Waals surface area (Å²) in [4.78, 5) is 2.48. The van der Waals surface area contributed by atoms with E-state index in [1.807, 2.05) is 25.1 Å². The largest absolute Gasteiger partial charge is 0.493 e. The fraction of sp³-hybridized carbons (Fsp3) is 0.684. The Balaban J connectivity index is 1.76. The van der Waals surface area contributed by atoms with Gasteiger partial charge in [0.05, 0.1) is 12.7 Å². The molecule has 1 aromatic carbocycles. The monoisotopic (exact) mass is 305 g/mol. The zero-order valence-corrected chi connectivity index (χ0v) is 14.1. The third kappa shape index (κ3) is 5.62. The number of aliphatic hydroxyl groups is 1. The number of ether oxygens (including phenoxy) is 1. The van der Waals surface area contributed by atoms with Gasteiger partial charge in [0.1, 0.15) is 5.75 Å². The molecular formula is C19H31NO2. The third-order valence-electron chi connectivity index (χ3n) is 4.53. The normalized spacial score (nSPS) is 17.6. The summed E-state index contributed by atoms with van der Waals surface area (Å²) in [5.74, 6) is 0.988. The standard InChI is InChI=1S/C19H31NO2/c1-16-9-6-7-12-19(16)22-14-8-13-20(15-17(2)21)18-10-4-3-5-11-18/h6-7,9,12,17-18,21H,3-5,8,10-11,13-15H2,1-2H3. The third-order valence-corrected chi connectivity index (χ3v) is 4.53. The summed E-state index contributed by atoms with van der Waals surface area (Å²) < 4.78 is 5.89. The van der Waals surface area contributed by atoms with Crippen LogP contribution in [0.5, 0.6) is 5.75 Å². The molecule has 22 heavy (non-hydrogen) atoms. The minimum Gasteiger partial charge on any atom is -0.493 e. The summed E-state index contributed by atoms with van der Waals surface area (Å²) in [5.41, 5.74) is 1.19. The van der Waals surface area contributed by atoms with Crippen molar-refractivity contribution in [2.45, 2.75) is 64.5 Å². The predicted octanol–water partition coefficient (Wildman–Crippen LogP) is 3.78. The molecule has 124 valence electrons. The van der Waals surface area contributed by atoms with Gasteiger partial charge in [-0.05, 0) is 44.7 Å². The van der Waals surface area contributed by atoms with Gasteiger partial charge in [-0.15, -0.1) is 0 Å². The number of aliphatic hydroxyl groups excluding tert-OH is 1. The molecule has 1 fully saturated rings. The van der Waals surface area contributed by atoms with Crippen LogP contribution in [0.25, 0.3) is 0 Å². The Kier molecular flexibility index (Phi) is 7.20. The van der Waals surface area contributed by atoms with Crippen molar-refractivity contribution in [3.05, 3.63) is 29.8 Å². The van der Waals surface area contributed by atoms with Gasteiger partial charge in [-0.3, -0.25) is 4.90 Å². The van der Waals surface area contributed by atoms with E-state index in [0.717, 1.165) is 31.9 Å². The highest BCUT2D eigenvalue weighted by Gasteiger charge is 2.21. The molecule has 3 heteroatoms. The second-order valence-corrected chi connectivity index (χ2v) is 6.60.